The number of nitriles is 1. The number of esters is 1. The Morgan fingerprint density at radius 3 is 2.56 bits per heavy atom. The fourth-order valence-electron chi connectivity index (χ4n) is 3.37. The molecule has 0 unspecified atom stereocenters. The minimum Gasteiger partial charge on any atom is -0.465 e. The lowest BCUT2D eigenvalue weighted by molar-refractivity contribution is 0.0600. The molecule has 8 heteroatoms. The van der Waals surface area contributed by atoms with E-state index in [1.54, 1.807) is 12.1 Å². The van der Waals surface area contributed by atoms with Crippen LogP contribution in [-0.4, -0.2) is 29.8 Å². The predicted octanol–water partition coefficient (Wildman–Crippen LogP) is 3.96. The van der Waals surface area contributed by atoms with Crippen molar-refractivity contribution in [2.45, 2.75) is 20.8 Å². The van der Waals surface area contributed by atoms with Crippen molar-refractivity contribution in [3.05, 3.63) is 87.5 Å². The zero-order valence-corrected chi connectivity index (χ0v) is 18.1. The standard InChI is InChI=1S/C24H21FN4O3/c1-14-5-7-18(24(31)32-4)11-22(14)29-15(2)9-19(16(29)3)13-27-28-23(30)20-8-6-17(12-26)10-21(20)25/h5-11,13H,1-4H3,(H,28,30)/b27-13-. The highest BCUT2D eigenvalue weighted by Crippen LogP contribution is 2.24. The molecule has 0 saturated carbocycles. The van der Waals surface area contributed by atoms with Crippen LogP contribution in [0.25, 0.3) is 5.69 Å². The second kappa shape index (κ2) is 9.27. The molecule has 0 atom stereocenters. The highest BCUT2D eigenvalue weighted by atomic mass is 19.1. The summed E-state index contributed by atoms with van der Waals surface area (Å²) in [5.74, 6) is -1.94. The Morgan fingerprint density at radius 2 is 1.91 bits per heavy atom. The minimum absolute atomic E-state index is 0.126. The lowest BCUT2D eigenvalue weighted by Gasteiger charge is -2.14. The zero-order valence-electron chi connectivity index (χ0n) is 18.1. The van der Waals surface area contributed by atoms with Gasteiger partial charge in [-0.05, 0) is 62.7 Å². The Labute approximate surface area is 184 Å². The van der Waals surface area contributed by atoms with Crippen LogP contribution in [0.3, 0.4) is 0 Å². The molecule has 32 heavy (non-hydrogen) atoms. The van der Waals surface area contributed by atoms with Crippen LogP contribution in [0.15, 0.2) is 47.6 Å². The van der Waals surface area contributed by atoms with Gasteiger partial charge in [-0.2, -0.15) is 10.4 Å². The van der Waals surface area contributed by atoms with Crippen LogP contribution < -0.4 is 5.43 Å². The molecule has 1 heterocycles. The second-order valence-corrected chi connectivity index (χ2v) is 7.16. The summed E-state index contributed by atoms with van der Waals surface area (Å²) in [7, 11) is 1.33. The summed E-state index contributed by atoms with van der Waals surface area (Å²) in [6, 6.07) is 12.6. The summed E-state index contributed by atoms with van der Waals surface area (Å²) in [6.07, 6.45) is 1.47. The summed E-state index contributed by atoms with van der Waals surface area (Å²) in [6.45, 7) is 5.75. The van der Waals surface area contributed by atoms with Gasteiger partial charge in [0, 0.05) is 22.6 Å². The highest BCUT2D eigenvalue weighted by molar-refractivity contribution is 5.95. The number of carbonyl (C=O) groups is 2. The zero-order chi connectivity index (χ0) is 23.4. The summed E-state index contributed by atoms with van der Waals surface area (Å²) < 4.78 is 20.8. The van der Waals surface area contributed by atoms with E-state index in [0.29, 0.717) is 5.56 Å². The molecule has 1 aromatic heterocycles. The van der Waals surface area contributed by atoms with Gasteiger partial charge in [-0.15, -0.1) is 0 Å². The molecule has 2 aromatic carbocycles. The van der Waals surface area contributed by atoms with Gasteiger partial charge in [0.15, 0.2) is 0 Å². The predicted molar refractivity (Wildman–Crippen MR) is 117 cm³/mol. The van der Waals surface area contributed by atoms with Crippen molar-refractivity contribution in [1.82, 2.24) is 9.99 Å². The van der Waals surface area contributed by atoms with Crippen LogP contribution in [0.1, 0.15) is 48.8 Å². The summed E-state index contributed by atoms with van der Waals surface area (Å²) in [5.41, 5.74) is 6.94. The Bertz CT molecular complexity index is 1290. The van der Waals surface area contributed by atoms with E-state index < -0.39 is 17.7 Å². The number of aryl methyl sites for hydroxylation is 2. The van der Waals surface area contributed by atoms with Gasteiger partial charge in [0.25, 0.3) is 5.91 Å². The van der Waals surface area contributed by atoms with Gasteiger partial charge in [-0.1, -0.05) is 6.07 Å². The van der Waals surface area contributed by atoms with Gasteiger partial charge in [-0.3, -0.25) is 4.79 Å². The van der Waals surface area contributed by atoms with Crippen molar-refractivity contribution in [3.63, 3.8) is 0 Å². The Balaban J connectivity index is 1.86. The molecule has 0 fully saturated rings. The molecule has 162 valence electrons. The number of halogens is 1. The van der Waals surface area contributed by atoms with Crippen molar-refractivity contribution in [1.29, 1.82) is 5.26 Å². The summed E-state index contributed by atoms with van der Waals surface area (Å²) in [5, 5.41) is 12.7. The van der Waals surface area contributed by atoms with Gasteiger partial charge in [0.1, 0.15) is 5.82 Å². The van der Waals surface area contributed by atoms with Crippen LogP contribution in [0.5, 0.6) is 0 Å². The minimum atomic E-state index is -0.795. The number of ether oxygens (including phenoxy) is 1. The number of rotatable bonds is 5. The van der Waals surface area contributed by atoms with E-state index in [0.717, 1.165) is 34.3 Å². The third-order valence-corrected chi connectivity index (χ3v) is 5.05. The summed E-state index contributed by atoms with van der Waals surface area (Å²) in [4.78, 5) is 24.1. The summed E-state index contributed by atoms with van der Waals surface area (Å²) >= 11 is 0. The van der Waals surface area contributed by atoms with Gasteiger partial charge in [-0.25, -0.2) is 14.6 Å². The number of amides is 1. The van der Waals surface area contributed by atoms with Crippen LogP contribution >= 0.6 is 0 Å². The molecule has 3 rings (SSSR count). The first-order valence-electron chi connectivity index (χ1n) is 9.68. The van der Waals surface area contributed by atoms with Gasteiger partial charge >= 0.3 is 5.97 Å². The molecule has 0 radical (unpaired) electrons. The average molecular weight is 432 g/mol. The van der Waals surface area contributed by atoms with Crippen molar-refractivity contribution < 1.29 is 18.7 Å². The molecule has 0 saturated heterocycles. The van der Waals surface area contributed by atoms with E-state index in [1.807, 2.05) is 43.5 Å². The van der Waals surface area contributed by atoms with E-state index in [-0.39, 0.29) is 11.1 Å². The number of hydrogen-bond acceptors (Lipinski definition) is 5. The number of methoxy groups -OCH3 is 1. The molecule has 0 spiro atoms. The van der Waals surface area contributed by atoms with Crippen LogP contribution in [0, 0.1) is 37.9 Å². The first-order valence-corrected chi connectivity index (χ1v) is 9.68. The normalized spacial score (nSPS) is 10.8. The molecular formula is C24H21FN4O3. The Morgan fingerprint density at radius 1 is 1.16 bits per heavy atom. The first kappa shape index (κ1) is 22.4. The second-order valence-electron chi connectivity index (χ2n) is 7.16. The van der Waals surface area contributed by atoms with Gasteiger partial charge < -0.3 is 9.30 Å². The largest absolute Gasteiger partial charge is 0.465 e. The maximum absolute atomic E-state index is 14.0. The van der Waals surface area contributed by atoms with Crippen molar-refractivity contribution in [3.8, 4) is 11.8 Å². The van der Waals surface area contributed by atoms with Crippen molar-refractivity contribution in [2.75, 3.05) is 7.11 Å². The van der Waals surface area contributed by atoms with Crippen molar-refractivity contribution >= 4 is 18.1 Å². The topological polar surface area (TPSA) is 96.5 Å². The molecule has 3 aromatic rings. The molecule has 1 N–H and O–H groups in total. The number of aromatic nitrogens is 1. The number of benzene rings is 2. The average Bonchev–Trinajstić information content (AvgIpc) is 3.06. The molecule has 0 aliphatic heterocycles. The Kier molecular flexibility index (Phi) is 6.50. The smallest absolute Gasteiger partial charge is 0.337 e. The van der Waals surface area contributed by atoms with Gasteiger partial charge in [0.05, 0.1) is 36.1 Å². The third-order valence-electron chi connectivity index (χ3n) is 5.05. The number of hydrogen-bond donors (Lipinski definition) is 1. The fraction of sp³-hybridized carbons (Fsp3) is 0.167. The fourth-order valence-corrected chi connectivity index (χ4v) is 3.37. The van der Waals surface area contributed by atoms with E-state index in [2.05, 4.69) is 10.5 Å². The van der Waals surface area contributed by atoms with E-state index in [4.69, 9.17) is 10.00 Å². The van der Waals surface area contributed by atoms with E-state index in [1.165, 1.54) is 25.5 Å². The maximum Gasteiger partial charge on any atom is 0.337 e. The van der Waals surface area contributed by atoms with E-state index >= 15 is 0 Å². The molecule has 0 aliphatic carbocycles. The number of nitrogens with zero attached hydrogens (tertiary/aromatic N) is 3. The SMILES string of the molecule is COC(=O)c1ccc(C)c(-n2c(C)cc(/C=N\NC(=O)c3ccc(C#N)cc3F)c2C)c1. The van der Waals surface area contributed by atoms with Crippen LogP contribution in [0.2, 0.25) is 0 Å². The monoisotopic (exact) mass is 432 g/mol. The quantitative estimate of drug-likeness (QED) is 0.375. The number of carbonyl (C=O) groups excluding carboxylic acids is 2. The maximum atomic E-state index is 14.0. The lowest BCUT2D eigenvalue weighted by Crippen LogP contribution is -2.19. The molecule has 7 nitrogen and oxygen atoms in total. The number of hydrazone groups is 1. The third kappa shape index (κ3) is 4.42. The molecule has 1 amide bonds. The Hall–Kier alpha value is -4.25. The molecular weight excluding hydrogens is 411 g/mol. The van der Waals surface area contributed by atoms with E-state index in [9.17, 15) is 14.0 Å². The van der Waals surface area contributed by atoms with Crippen molar-refractivity contribution in [2.24, 2.45) is 5.10 Å². The molecule has 0 aliphatic rings. The van der Waals surface area contributed by atoms with Crippen LogP contribution in [0.4, 0.5) is 4.39 Å². The molecule has 0 bridgehead atoms. The number of nitrogens with one attached hydrogen (secondary N) is 1. The lowest BCUT2D eigenvalue weighted by atomic mass is 10.1. The highest BCUT2D eigenvalue weighted by Gasteiger charge is 2.15. The first-order chi connectivity index (χ1) is 15.3. The van der Waals surface area contributed by atoms with Crippen LogP contribution in [-0.2, 0) is 4.74 Å². The van der Waals surface area contributed by atoms with Gasteiger partial charge in [0.2, 0.25) is 0 Å².